The zero-order chi connectivity index (χ0) is 24.5. The van der Waals surface area contributed by atoms with Crippen LogP contribution in [0.1, 0.15) is 47.4 Å². The summed E-state index contributed by atoms with van der Waals surface area (Å²) in [6.45, 7) is 6.41. The van der Waals surface area contributed by atoms with Crippen molar-refractivity contribution in [2.75, 3.05) is 10.2 Å². The highest BCUT2D eigenvalue weighted by Gasteiger charge is 2.42. The number of carbonyl (C=O) groups is 1. The minimum atomic E-state index is -0.128. The summed E-state index contributed by atoms with van der Waals surface area (Å²) in [5.74, 6) is 0.804. The second-order valence-corrected chi connectivity index (χ2v) is 9.10. The standard InChI is InChI=1S/C27H27N5O2S/c1-17-15-23(18(2)31(17)16-22-7-6-14-34-22)26-25(24-8-4-5-13-28-24)30-27(35)32(26)21-11-9-20(10-12-21)29-19(3)33/h4-15,25-26H,16H2,1-3H3,(H,29,33)(H,30,35). The van der Waals surface area contributed by atoms with Crippen LogP contribution < -0.4 is 15.5 Å². The number of amides is 1. The summed E-state index contributed by atoms with van der Waals surface area (Å²) in [6.07, 6.45) is 3.51. The molecule has 35 heavy (non-hydrogen) atoms. The first-order chi connectivity index (χ1) is 16.9. The van der Waals surface area contributed by atoms with Crippen LogP contribution in [0.3, 0.4) is 0 Å². The lowest BCUT2D eigenvalue weighted by molar-refractivity contribution is -0.114. The predicted octanol–water partition coefficient (Wildman–Crippen LogP) is 5.28. The summed E-state index contributed by atoms with van der Waals surface area (Å²) in [6, 6.07) is 19.6. The molecular weight excluding hydrogens is 458 g/mol. The van der Waals surface area contributed by atoms with Crippen LogP contribution in [0.15, 0.2) is 77.5 Å². The minimum absolute atomic E-state index is 0.104. The molecular formula is C27H27N5O2S. The van der Waals surface area contributed by atoms with Gasteiger partial charge in [-0.2, -0.15) is 0 Å². The van der Waals surface area contributed by atoms with Crippen molar-refractivity contribution in [3.8, 4) is 0 Å². The first-order valence-electron chi connectivity index (χ1n) is 11.5. The molecule has 1 saturated heterocycles. The Morgan fingerprint density at radius 3 is 2.60 bits per heavy atom. The molecule has 7 nitrogen and oxygen atoms in total. The maximum atomic E-state index is 11.5. The van der Waals surface area contributed by atoms with Crippen LogP contribution >= 0.6 is 12.2 Å². The number of furan rings is 1. The number of carbonyl (C=O) groups excluding carboxylic acids is 1. The molecule has 2 N–H and O–H groups in total. The van der Waals surface area contributed by atoms with Crippen LogP contribution in [0.25, 0.3) is 0 Å². The van der Waals surface area contributed by atoms with E-state index in [0.717, 1.165) is 34.2 Å². The Morgan fingerprint density at radius 1 is 1.14 bits per heavy atom. The smallest absolute Gasteiger partial charge is 0.221 e. The van der Waals surface area contributed by atoms with E-state index in [0.29, 0.717) is 11.7 Å². The Bertz CT molecular complexity index is 1350. The zero-order valence-corrected chi connectivity index (χ0v) is 20.7. The van der Waals surface area contributed by atoms with Gasteiger partial charge in [0, 0.05) is 35.9 Å². The Labute approximate surface area is 209 Å². The fraction of sp³-hybridized carbons (Fsp3) is 0.222. The molecule has 8 heteroatoms. The number of nitrogens with one attached hydrogen (secondary N) is 2. The van der Waals surface area contributed by atoms with Gasteiger partial charge < -0.3 is 24.5 Å². The van der Waals surface area contributed by atoms with Gasteiger partial charge >= 0.3 is 0 Å². The first-order valence-corrected chi connectivity index (χ1v) is 11.9. The molecule has 1 amide bonds. The van der Waals surface area contributed by atoms with Gasteiger partial charge in [0.1, 0.15) is 5.76 Å². The molecule has 178 valence electrons. The number of rotatable bonds is 6. The van der Waals surface area contributed by atoms with Crippen molar-refractivity contribution in [1.29, 1.82) is 0 Å². The number of pyridine rings is 1. The van der Waals surface area contributed by atoms with Gasteiger partial charge in [-0.15, -0.1) is 0 Å². The Kier molecular flexibility index (Phi) is 6.13. The first kappa shape index (κ1) is 22.9. The number of aryl methyl sites for hydroxylation is 1. The third kappa shape index (κ3) is 4.44. The number of nitrogens with zero attached hydrogens (tertiary/aromatic N) is 3. The molecule has 1 aromatic carbocycles. The number of hydrogen-bond acceptors (Lipinski definition) is 4. The van der Waals surface area contributed by atoms with Crippen LogP contribution in [0.2, 0.25) is 0 Å². The molecule has 1 fully saturated rings. The van der Waals surface area contributed by atoms with E-state index in [4.69, 9.17) is 16.6 Å². The van der Waals surface area contributed by atoms with E-state index < -0.39 is 0 Å². The van der Waals surface area contributed by atoms with Crippen LogP contribution in [-0.4, -0.2) is 20.6 Å². The van der Waals surface area contributed by atoms with Crippen molar-refractivity contribution < 1.29 is 9.21 Å². The summed E-state index contributed by atoms with van der Waals surface area (Å²) in [4.78, 5) is 18.3. The molecule has 0 aliphatic carbocycles. The summed E-state index contributed by atoms with van der Waals surface area (Å²) in [5, 5.41) is 6.97. The molecule has 0 bridgehead atoms. The van der Waals surface area contributed by atoms with Gasteiger partial charge in [-0.1, -0.05) is 6.07 Å². The van der Waals surface area contributed by atoms with E-state index in [1.165, 1.54) is 12.5 Å². The topological polar surface area (TPSA) is 75.3 Å². The van der Waals surface area contributed by atoms with Crippen molar-refractivity contribution in [2.45, 2.75) is 39.4 Å². The second-order valence-electron chi connectivity index (χ2n) is 8.72. The lowest BCUT2D eigenvalue weighted by Gasteiger charge is -2.28. The van der Waals surface area contributed by atoms with Gasteiger partial charge in [0.05, 0.1) is 30.6 Å². The van der Waals surface area contributed by atoms with E-state index in [2.05, 4.69) is 45.0 Å². The molecule has 1 aliphatic rings. The van der Waals surface area contributed by atoms with E-state index >= 15 is 0 Å². The fourth-order valence-electron chi connectivity index (χ4n) is 4.79. The van der Waals surface area contributed by atoms with E-state index in [9.17, 15) is 4.79 Å². The second kappa shape index (κ2) is 9.38. The quantitative estimate of drug-likeness (QED) is 0.362. The normalized spacial score (nSPS) is 17.5. The van der Waals surface area contributed by atoms with Gasteiger partial charge in [0.25, 0.3) is 0 Å². The van der Waals surface area contributed by atoms with Crippen LogP contribution in [0.4, 0.5) is 11.4 Å². The number of thiocarbonyl (C=S) groups is 1. The largest absolute Gasteiger partial charge is 0.467 e. The summed E-state index contributed by atoms with van der Waals surface area (Å²) in [7, 11) is 0. The van der Waals surface area contributed by atoms with Crippen molar-refractivity contribution in [2.24, 2.45) is 0 Å². The molecule has 0 radical (unpaired) electrons. The van der Waals surface area contributed by atoms with Crippen LogP contribution in [0.5, 0.6) is 0 Å². The number of benzene rings is 1. The van der Waals surface area contributed by atoms with Gasteiger partial charge in [-0.3, -0.25) is 9.78 Å². The van der Waals surface area contributed by atoms with Gasteiger partial charge in [0.2, 0.25) is 5.91 Å². The molecule has 4 heterocycles. The maximum Gasteiger partial charge on any atom is 0.221 e. The summed E-state index contributed by atoms with van der Waals surface area (Å²) >= 11 is 5.85. The van der Waals surface area contributed by atoms with E-state index in [-0.39, 0.29) is 18.0 Å². The molecule has 5 rings (SSSR count). The fourth-order valence-corrected chi connectivity index (χ4v) is 5.13. The molecule has 0 saturated carbocycles. The number of hydrogen-bond donors (Lipinski definition) is 2. The molecule has 1 aliphatic heterocycles. The molecule has 4 aromatic rings. The lowest BCUT2D eigenvalue weighted by Crippen LogP contribution is -2.29. The zero-order valence-electron chi connectivity index (χ0n) is 19.9. The third-order valence-corrected chi connectivity index (χ3v) is 6.70. The minimum Gasteiger partial charge on any atom is -0.467 e. The average Bonchev–Trinajstić information content (AvgIpc) is 3.55. The Balaban J connectivity index is 1.58. The van der Waals surface area contributed by atoms with E-state index in [1.54, 1.807) is 6.26 Å². The Morgan fingerprint density at radius 2 is 1.94 bits per heavy atom. The van der Waals surface area contributed by atoms with Crippen molar-refractivity contribution in [3.05, 3.63) is 102 Å². The van der Waals surface area contributed by atoms with Gasteiger partial charge in [0.15, 0.2) is 5.11 Å². The van der Waals surface area contributed by atoms with Crippen LogP contribution in [0, 0.1) is 13.8 Å². The summed E-state index contributed by atoms with van der Waals surface area (Å²) in [5.41, 5.74) is 6.07. The molecule has 3 aromatic heterocycles. The highest BCUT2D eigenvalue weighted by molar-refractivity contribution is 7.80. The van der Waals surface area contributed by atoms with Crippen molar-refractivity contribution in [1.82, 2.24) is 14.9 Å². The number of aromatic nitrogens is 2. The van der Waals surface area contributed by atoms with Crippen LogP contribution in [-0.2, 0) is 11.3 Å². The molecule has 0 spiro atoms. The highest BCUT2D eigenvalue weighted by atomic mass is 32.1. The Hall–Kier alpha value is -3.91. The molecule has 2 atom stereocenters. The summed E-state index contributed by atoms with van der Waals surface area (Å²) < 4.78 is 7.88. The van der Waals surface area contributed by atoms with Gasteiger partial charge in [-0.05, 0) is 86.2 Å². The molecule has 2 unspecified atom stereocenters. The predicted molar refractivity (Wildman–Crippen MR) is 140 cm³/mol. The number of anilines is 2. The monoisotopic (exact) mass is 485 g/mol. The van der Waals surface area contributed by atoms with Gasteiger partial charge in [-0.25, -0.2) is 0 Å². The maximum absolute atomic E-state index is 11.5. The van der Waals surface area contributed by atoms with E-state index in [1.807, 2.05) is 60.8 Å². The SMILES string of the molecule is CC(=O)Nc1ccc(N2C(=S)NC(c3ccccn3)C2c2cc(C)n(Cc3ccco3)c2C)cc1. The van der Waals surface area contributed by atoms with Crippen molar-refractivity contribution in [3.63, 3.8) is 0 Å². The third-order valence-electron chi connectivity index (χ3n) is 6.39. The lowest BCUT2D eigenvalue weighted by atomic mass is 9.96. The van der Waals surface area contributed by atoms with Crippen molar-refractivity contribution >= 4 is 34.6 Å². The average molecular weight is 486 g/mol. The highest BCUT2D eigenvalue weighted by Crippen LogP contribution is 2.43.